The Morgan fingerprint density at radius 3 is 2.19 bits per heavy atom. The topological polar surface area (TPSA) is 104 Å². The van der Waals surface area contributed by atoms with Gasteiger partial charge in [-0.25, -0.2) is 12.8 Å². The fraction of sp³-hybridized carbons (Fsp3) is 0.381. The summed E-state index contributed by atoms with van der Waals surface area (Å²) in [5.74, 6) is -1.34. The maximum absolute atomic E-state index is 14.5. The van der Waals surface area contributed by atoms with Gasteiger partial charge in [0, 0.05) is 57.1 Å². The Kier molecular flexibility index (Phi) is 7.09. The van der Waals surface area contributed by atoms with Gasteiger partial charge in [0.05, 0.1) is 15.4 Å². The van der Waals surface area contributed by atoms with Crippen molar-refractivity contribution in [2.24, 2.45) is 0 Å². The van der Waals surface area contributed by atoms with Crippen molar-refractivity contribution < 1.29 is 22.5 Å². The number of nitro benzene ring substituents is 1. The highest BCUT2D eigenvalue weighted by Gasteiger charge is 2.28. The highest BCUT2D eigenvalue weighted by atomic mass is 32.2. The highest BCUT2D eigenvalue weighted by molar-refractivity contribution is 7.89. The summed E-state index contributed by atoms with van der Waals surface area (Å²) in [6.07, 6.45) is 0. The zero-order valence-electron chi connectivity index (χ0n) is 17.9. The number of hydrogen-bond acceptors (Lipinski definition) is 6. The summed E-state index contributed by atoms with van der Waals surface area (Å²) in [6, 6.07) is 9.43. The first kappa shape index (κ1) is 23.6. The summed E-state index contributed by atoms with van der Waals surface area (Å²) in [4.78, 5) is 26.6. The lowest BCUT2D eigenvalue weighted by Crippen LogP contribution is -2.49. The van der Waals surface area contributed by atoms with Crippen LogP contribution in [0, 0.1) is 15.9 Å². The molecular weight excluding hydrogens is 439 g/mol. The number of hydrogen-bond donors (Lipinski definition) is 0. The lowest BCUT2D eigenvalue weighted by molar-refractivity contribution is -0.384. The van der Waals surface area contributed by atoms with Gasteiger partial charge in [-0.05, 0) is 30.3 Å². The second-order valence-electron chi connectivity index (χ2n) is 7.28. The molecule has 1 aliphatic heterocycles. The third kappa shape index (κ3) is 4.73. The van der Waals surface area contributed by atoms with Crippen molar-refractivity contribution in [1.82, 2.24) is 9.21 Å². The lowest BCUT2D eigenvalue weighted by atomic mass is 10.1. The van der Waals surface area contributed by atoms with E-state index < -0.39 is 26.7 Å². The highest BCUT2D eigenvalue weighted by Crippen LogP contribution is 2.23. The fourth-order valence-corrected chi connectivity index (χ4v) is 5.15. The van der Waals surface area contributed by atoms with Crippen LogP contribution >= 0.6 is 0 Å². The van der Waals surface area contributed by atoms with Gasteiger partial charge in [0.1, 0.15) is 5.82 Å². The van der Waals surface area contributed by atoms with Crippen molar-refractivity contribution in [2.45, 2.75) is 18.7 Å². The molecule has 1 heterocycles. The SMILES string of the molecule is CCN(CC)S(=O)(=O)c1ccc(F)c(C(=O)N2CCN(c3ccc([N+](=O)[O-])cc3)CC2)c1. The number of non-ortho nitro benzene ring substituents is 1. The maximum Gasteiger partial charge on any atom is 0.269 e. The predicted octanol–water partition coefficient (Wildman–Crippen LogP) is 2.73. The van der Waals surface area contributed by atoms with Gasteiger partial charge in [-0.15, -0.1) is 0 Å². The molecule has 172 valence electrons. The zero-order chi connectivity index (χ0) is 23.5. The summed E-state index contributed by atoms with van der Waals surface area (Å²) in [5, 5.41) is 10.8. The number of benzene rings is 2. The second kappa shape index (κ2) is 9.61. The van der Waals surface area contributed by atoms with E-state index in [1.807, 2.05) is 4.90 Å². The standard InChI is InChI=1S/C21H25FN4O5S/c1-3-25(4-2)32(30,31)18-9-10-20(22)19(15-18)21(27)24-13-11-23(12-14-24)16-5-7-17(8-6-16)26(28)29/h5-10,15H,3-4,11-14H2,1-2H3. The Bertz CT molecular complexity index is 1100. The number of carbonyl (C=O) groups is 1. The number of nitro groups is 1. The normalized spacial score (nSPS) is 14.6. The first-order valence-electron chi connectivity index (χ1n) is 10.3. The van der Waals surface area contributed by atoms with Crippen LogP contribution in [0.4, 0.5) is 15.8 Å². The minimum atomic E-state index is -3.82. The van der Waals surface area contributed by atoms with E-state index in [2.05, 4.69) is 0 Å². The van der Waals surface area contributed by atoms with E-state index in [0.717, 1.165) is 17.8 Å². The smallest absolute Gasteiger partial charge is 0.269 e. The molecule has 2 aromatic rings. The first-order valence-corrected chi connectivity index (χ1v) is 11.7. The molecule has 0 saturated carbocycles. The van der Waals surface area contributed by atoms with E-state index in [4.69, 9.17) is 0 Å². The molecule has 3 rings (SSSR count). The average Bonchev–Trinajstić information content (AvgIpc) is 2.79. The molecule has 2 aromatic carbocycles. The number of amides is 1. The van der Waals surface area contributed by atoms with Gasteiger partial charge in [0.2, 0.25) is 10.0 Å². The number of rotatable bonds is 7. The minimum Gasteiger partial charge on any atom is -0.368 e. The maximum atomic E-state index is 14.5. The molecule has 1 saturated heterocycles. The first-order chi connectivity index (χ1) is 15.2. The van der Waals surface area contributed by atoms with Crippen molar-refractivity contribution in [1.29, 1.82) is 0 Å². The van der Waals surface area contributed by atoms with Crippen LogP contribution in [-0.4, -0.2) is 67.7 Å². The number of nitrogens with zero attached hydrogens (tertiary/aromatic N) is 4. The molecule has 1 amide bonds. The Balaban J connectivity index is 1.74. The van der Waals surface area contributed by atoms with E-state index in [1.165, 1.54) is 27.4 Å². The largest absolute Gasteiger partial charge is 0.368 e. The van der Waals surface area contributed by atoms with E-state index in [9.17, 15) is 27.7 Å². The van der Waals surface area contributed by atoms with Gasteiger partial charge in [-0.1, -0.05) is 13.8 Å². The molecule has 32 heavy (non-hydrogen) atoms. The molecular formula is C21H25FN4O5S. The summed E-state index contributed by atoms with van der Waals surface area (Å²) in [7, 11) is -3.82. The van der Waals surface area contributed by atoms with Crippen LogP contribution in [0.3, 0.4) is 0 Å². The molecule has 0 spiro atoms. The van der Waals surface area contributed by atoms with Crippen molar-refractivity contribution in [3.05, 3.63) is 64.0 Å². The summed E-state index contributed by atoms with van der Waals surface area (Å²) in [6.45, 7) is 5.49. The number of anilines is 1. The van der Waals surface area contributed by atoms with Crippen molar-refractivity contribution in [3.63, 3.8) is 0 Å². The van der Waals surface area contributed by atoms with Crippen LogP contribution < -0.4 is 4.90 Å². The van der Waals surface area contributed by atoms with Crippen molar-refractivity contribution >= 4 is 27.3 Å². The number of carbonyl (C=O) groups excluding carboxylic acids is 1. The van der Waals surface area contributed by atoms with Crippen molar-refractivity contribution in [2.75, 3.05) is 44.2 Å². The quantitative estimate of drug-likeness (QED) is 0.461. The van der Waals surface area contributed by atoms with Gasteiger partial charge < -0.3 is 9.80 Å². The summed E-state index contributed by atoms with van der Waals surface area (Å²) >= 11 is 0. The molecule has 1 fully saturated rings. The number of sulfonamides is 1. The van der Waals surface area contributed by atoms with Crippen LogP contribution in [0.25, 0.3) is 0 Å². The molecule has 0 aromatic heterocycles. The number of piperazine rings is 1. The molecule has 0 atom stereocenters. The van der Waals surface area contributed by atoms with Crippen LogP contribution in [0.15, 0.2) is 47.4 Å². The number of halogens is 1. The molecule has 0 N–H and O–H groups in total. The molecule has 1 aliphatic rings. The zero-order valence-corrected chi connectivity index (χ0v) is 18.7. The van der Waals surface area contributed by atoms with E-state index in [1.54, 1.807) is 26.0 Å². The Morgan fingerprint density at radius 2 is 1.66 bits per heavy atom. The van der Waals surface area contributed by atoms with Gasteiger partial charge in [-0.3, -0.25) is 14.9 Å². The third-order valence-electron chi connectivity index (χ3n) is 5.50. The second-order valence-corrected chi connectivity index (χ2v) is 9.22. The molecule has 0 unspecified atom stereocenters. The van der Waals surface area contributed by atoms with E-state index >= 15 is 0 Å². The van der Waals surface area contributed by atoms with Gasteiger partial charge in [0.25, 0.3) is 11.6 Å². The molecule has 11 heteroatoms. The van der Waals surface area contributed by atoms with Gasteiger partial charge in [-0.2, -0.15) is 4.31 Å². The summed E-state index contributed by atoms with van der Waals surface area (Å²) in [5.41, 5.74) is 0.515. The van der Waals surface area contributed by atoms with Crippen LogP contribution in [-0.2, 0) is 10.0 Å². The van der Waals surface area contributed by atoms with Crippen LogP contribution in [0.1, 0.15) is 24.2 Å². The monoisotopic (exact) mass is 464 g/mol. The molecule has 0 bridgehead atoms. The molecule has 0 aliphatic carbocycles. The van der Waals surface area contributed by atoms with Crippen LogP contribution in [0.5, 0.6) is 0 Å². The Labute approximate surface area is 186 Å². The Morgan fingerprint density at radius 1 is 1.06 bits per heavy atom. The van der Waals surface area contributed by atoms with Crippen LogP contribution in [0.2, 0.25) is 0 Å². The average molecular weight is 465 g/mol. The predicted molar refractivity (Wildman–Crippen MR) is 118 cm³/mol. The Hall–Kier alpha value is -3.05. The van der Waals surface area contributed by atoms with E-state index in [0.29, 0.717) is 26.2 Å². The lowest BCUT2D eigenvalue weighted by Gasteiger charge is -2.36. The molecule has 0 radical (unpaired) electrons. The fourth-order valence-electron chi connectivity index (χ4n) is 3.66. The van der Waals surface area contributed by atoms with E-state index in [-0.39, 0.29) is 29.2 Å². The van der Waals surface area contributed by atoms with Crippen molar-refractivity contribution in [3.8, 4) is 0 Å². The minimum absolute atomic E-state index is 0.00224. The molecule has 9 nitrogen and oxygen atoms in total. The van der Waals surface area contributed by atoms with Gasteiger partial charge in [0.15, 0.2) is 0 Å². The third-order valence-corrected chi connectivity index (χ3v) is 7.55. The summed E-state index contributed by atoms with van der Waals surface area (Å²) < 4.78 is 41.2. The van der Waals surface area contributed by atoms with Gasteiger partial charge >= 0.3 is 0 Å².